The van der Waals surface area contributed by atoms with Gasteiger partial charge in [-0.05, 0) is 30.3 Å². The first kappa shape index (κ1) is 16.8. The standard InChI is InChI=1S/C17H17ClN2O3/c1-12(21)20(15-7-3-5-13(18)9-15)11-17(22)19-14-6-4-8-16(10-14)23-2/h3-10H,11H2,1-2H3,(H,19,22). The lowest BCUT2D eigenvalue weighted by Crippen LogP contribution is -2.36. The molecule has 0 aliphatic rings. The molecule has 23 heavy (non-hydrogen) atoms. The molecular formula is C17H17ClN2O3. The Hall–Kier alpha value is -2.53. The maximum atomic E-state index is 12.2. The second-order valence-corrected chi connectivity index (χ2v) is 5.30. The molecule has 0 aromatic heterocycles. The number of halogens is 1. The van der Waals surface area contributed by atoms with Crippen molar-refractivity contribution in [3.63, 3.8) is 0 Å². The molecule has 5 nitrogen and oxygen atoms in total. The van der Waals surface area contributed by atoms with Crippen molar-refractivity contribution in [1.82, 2.24) is 0 Å². The molecule has 2 aromatic rings. The Morgan fingerprint density at radius 2 is 1.91 bits per heavy atom. The first-order chi connectivity index (χ1) is 11.0. The number of nitrogens with one attached hydrogen (secondary N) is 1. The van der Waals surface area contributed by atoms with Crippen LogP contribution in [0.4, 0.5) is 11.4 Å². The Balaban J connectivity index is 2.10. The van der Waals surface area contributed by atoms with E-state index in [1.165, 1.54) is 11.8 Å². The van der Waals surface area contributed by atoms with Gasteiger partial charge in [0, 0.05) is 29.4 Å². The normalized spacial score (nSPS) is 10.0. The molecule has 0 fully saturated rings. The Kier molecular flexibility index (Phi) is 5.60. The minimum absolute atomic E-state index is 0.104. The number of carbonyl (C=O) groups is 2. The van der Waals surface area contributed by atoms with Gasteiger partial charge >= 0.3 is 0 Å². The summed E-state index contributed by atoms with van der Waals surface area (Å²) < 4.78 is 5.11. The van der Waals surface area contributed by atoms with Gasteiger partial charge in [0.2, 0.25) is 11.8 Å². The summed E-state index contributed by atoms with van der Waals surface area (Å²) in [6.45, 7) is 1.30. The highest BCUT2D eigenvalue weighted by Gasteiger charge is 2.16. The summed E-state index contributed by atoms with van der Waals surface area (Å²) in [5.41, 5.74) is 1.18. The van der Waals surface area contributed by atoms with Crippen molar-refractivity contribution in [2.24, 2.45) is 0 Å². The van der Waals surface area contributed by atoms with Crippen LogP contribution in [0.15, 0.2) is 48.5 Å². The minimum atomic E-state index is -0.312. The monoisotopic (exact) mass is 332 g/mol. The number of benzene rings is 2. The number of hydrogen-bond donors (Lipinski definition) is 1. The van der Waals surface area contributed by atoms with E-state index < -0.39 is 0 Å². The van der Waals surface area contributed by atoms with Crippen LogP contribution in [0.5, 0.6) is 5.75 Å². The lowest BCUT2D eigenvalue weighted by atomic mass is 10.2. The molecule has 0 bridgehead atoms. The van der Waals surface area contributed by atoms with Gasteiger partial charge in [-0.15, -0.1) is 0 Å². The molecule has 2 aromatic carbocycles. The second-order valence-electron chi connectivity index (χ2n) is 4.87. The van der Waals surface area contributed by atoms with Crippen molar-refractivity contribution in [3.8, 4) is 5.75 Å². The smallest absolute Gasteiger partial charge is 0.244 e. The third-order valence-corrected chi connectivity index (χ3v) is 3.39. The van der Waals surface area contributed by atoms with Gasteiger partial charge in [0.1, 0.15) is 12.3 Å². The fourth-order valence-electron chi connectivity index (χ4n) is 2.07. The molecule has 120 valence electrons. The number of anilines is 2. The first-order valence-corrected chi connectivity index (χ1v) is 7.35. The zero-order valence-corrected chi connectivity index (χ0v) is 13.6. The average Bonchev–Trinajstić information content (AvgIpc) is 2.52. The lowest BCUT2D eigenvalue weighted by Gasteiger charge is -2.21. The van der Waals surface area contributed by atoms with Gasteiger partial charge in [-0.1, -0.05) is 23.7 Å². The number of carbonyl (C=O) groups excluding carboxylic acids is 2. The predicted octanol–water partition coefficient (Wildman–Crippen LogP) is 3.34. The van der Waals surface area contributed by atoms with E-state index in [2.05, 4.69) is 5.32 Å². The molecule has 0 saturated carbocycles. The molecule has 0 saturated heterocycles. The maximum absolute atomic E-state index is 12.2. The molecule has 1 N–H and O–H groups in total. The number of ether oxygens (including phenoxy) is 1. The molecule has 0 aliphatic heterocycles. The molecule has 0 spiro atoms. The van der Waals surface area contributed by atoms with Gasteiger partial charge in [-0.2, -0.15) is 0 Å². The summed E-state index contributed by atoms with van der Waals surface area (Å²) in [5.74, 6) is 0.0857. The fourth-order valence-corrected chi connectivity index (χ4v) is 2.26. The SMILES string of the molecule is COc1cccc(NC(=O)CN(C(C)=O)c2cccc(Cl)c2)c1. The van der Waals surface area contributed by atoms with Crippen molar-refractivity contribution < 1.29 is 14.3 Å². The largest absolute Gasteiger partial charge is 0.497 e. The Bertz CT molecular complexity index is 718. The molecule has 0 radical (unpaired) electrons. The number of amides is 2. The van der Waals surface area contributed by atoms with E-state index in [1.54, 1.807) is 55.6 Å². The Morgan fingerprint density at radius 3 is 2.57 bits per heavy atom. The Labute approximate surface area is 139 Å². The molecule has 2 amide bonds. The Morgan fingerprint density at radius 1 is 1.17 bits per heavy atom. The quantitative estimate of drug-likeness (QED) is 0.913. The highest BCUT2D eigenvalue weighted by atomic mass is 35.5. The van der Waals surface area contributed by atoms with Crippen LogP contribution in [0.3, 0.4) is 0 Å². The number of hydrogen-bond acceptors (Lipinski definition) is 3. The van der Waals surface area contributed by atoms with E-state index in [9.17, 15) is 9.59 Å². The number of rotatable bonds is 5. The molecule has 2 rings (SSSR count). The third kappa shape index (κ3) is 4.72. The summed E-state index contributed by atoms with van der Waals surface area (Å²) in [5, 5.41) is 3.24. The zero-order chi connectivity index (χ0) is 16.8. The van der Waals surface area contributed by atoms with Crippen molar-refractivity contribution in [2.75, 3.05) is 23.9 Å². The number of methoxy groups -OCH3 is 1. The van der Waals surface area contributed by atoms with Crippen LogP contribution >= 0.6 is 11.6 Å². The minimum Gasteiger partial charge on any atom is -0.497 e. The third-order valence-electron chi connectivity index (χ3n) is 3.16. The van der Waals surface area contributed by atoms with Crippen molar-refractivity contribution in [1.29, 1.82) is 0 Å². The topological polar surface area (TPSA) is 58.6 Å². The molecular weight excluding hydrogens is 316 g/mol. The van der Waals surface area contributed by atoms with E-state index in [4.69, 9.17) is 16.3 Å². The summed E-state index contributed by atoms with van der Waals surface area (Å²) in [7, 11) is 1.55. The van der Waals surface area contributed by atoms with Gasteiger partial charge in [0.05, 0.1) is 7.11 Å². The van der Waals surface area contributed by atoms with Crippen LogP contribution in [0, 0.1) is 0 Å². The van der Waals surface area contributed by atoms with Crippen molar-refractivity contribution in [2.45, 2.75) is 6.92 Å². The summed E-state index contributed by atoms with van der Waals surface area (Å²) in [4.78, 5) is 25.4. The zero-order valence-electron chi connectivity index (χ0n) is 12.9. The lowest BCUT2D eigenvalue weighted by molar-refractivity contribution is -0.120. The van der Waals surface area contributed by atoms with Gasteiger partial charge in [0.15, 0.2) is 0 Å². The van der Waals surface area contributed by atoms with Crippen LogP contribution in [0.2, 0.25) is 5.02 Å². The van der Waals surface area contributed by atoms with Gasteiger partial charge < -0.3 is 15.0 Å². The molecule has 6 heteroatoms. The summed E-state index contributed by atoms with van der Waals surface area (Å²) in [6.07, 6.45) is 0. The van der Waals surface area contributed by atoms with Gasteiger partial charge in [-0.3, -0.25) is 9.59 Å². The van der Waals surface area contributed by atoms with Crippen LogP contribution < -0.4 is 15.0 Å². The van der Waals surface area contributed by atoms with Crippen LogP contribution in [0.25, 0.3) is 0 Å². The highest BCUT2D eigenvalue weighted by Crippen LogP contribution is 2.20. The van der Waals surface area contributed by atoms with Crippen LogP contribution in [0.1, 0.15) is 6.92 Å². The van der Waals surface area contributed by atoms with Crippen LogP contribution in [-0.2, 0) is 9.59 Å². The fraction of sp³-hybridized carbons (Fsp3) is 0.176. The predicted molar refractivity (Wildman–Crippen MR) is 91.1 cm³/mol. The second kappa shape index (κ2) is 7.65. The van der Waals surface area contributed by atoms with Crippen LogP contribution in [-0.4, -0.2) is 25.5 Å². The van der Waals surface area contributed by atoms with E-state index in [1.807, 2.05) is 0 Å². The molecule has 0 heterocycles. The van der Waals surface area contributed by atoms with Gasteiger partial charge in [-0.25, -0.2) is 0 Å². The van der Waals surface area contributed by atoms with E-state index in [0.29, 0.717) is 22.1 Å². The maximum Gasteiger partial charge on any atom is 0.244 e. The van der Waals surface area contributed by atoms with Crippen molar-refractivity contribution >= 4 is 34.8 Å². The average molecular weight is 333 g/mol. The molecule has 0 aliphatic carbocycles. The molecule has 0 atom stereocenters. The highest BCUT2D eigenvalue weighted by molar-refractivity contribution is 6.31. The van der Waals surface area contributed by atoms with E-state index in [0.717, 1.165) is 0 Å². The summed E-state index contributed by atoms with van der Waals surface area (Å²) in [6, 6.07) is 13.8. The van der Waals surface area contributed by atoms with Gasteiger partial charge in [0.25, 0.3) is 0 Å². The summed E-state index contributed by atoms with van der Waals surface area (Å²) >= 11 is 5.94. The first-order valence-electron chi connectivity index (χ1n) is 6.97. The van der Waals surface area contributed by atoms with E-state index >= 15 is 0 Å². The van der Waals surface area contributed by atoms with Crippen molar-refractivity contribution in [3.05, 3.63) is 53.6 Å². The van der Waals surface area contributed by atoms with E-state index in [-0.39, 0.29) is 18.4 Å². The molecule has 0 unspecified atom stereocenters. The number of nitrogens with zero attached hydrogens (tertiary/aromatic N) is 1.